The molecule has 5 atom stereocenters. The average Bonchev–Trinajstić information content (AvgIpc) is 3.32. The van der Waals surface area contributed by atoms with Crippen LogP contribution < -0.4 is 41.7 Å². The lowest BCUT2D eigenvalue weighted by Crippen LogP contribution is -2.64. The van der Waals surface area contributed by atoms with Crippen LogP contribution >= 0.6 is 203 Å². The van der Waals surface area contributed by atoms with E-state index in [1.165, 1.54) is 51.7 Å². The number of rotatable bonds is 15. The minimum Gasteiger partial charge on any atom is -0.478 e. The molecule has 4 rings (SSSR count). The molecule has 1 heterocycles. The molecule has 8 amide bonds. The zero-order valence-electron chi connectivity index (χ0n) is 39.3. The summed E-state index contributed by atoms with van der Waals surface area (Å²) in [6, 6.07) is -1.40. The number of carboxylic acids is 1. The predicted molar refractivity (Wildman–Crippen MR) is 348 cm³/mol. The Morgan fingerprint density at radius 2 is 0.987 bits per heavy atom. The highest BCUT2D eigenvalue weighted by Gasteiger charge is 2.45. The summed E-state index contributed by atoms with van der Waals surface area (Å²) >= 11 is 16.8. The van der Waals surface area contributed by atoms with Crippen LogP contribution in [0.25, 0.3) is 0 Å². The second-order valence-electron chi connectivity index (χ2n) is 15.3. The topological polar surface area (TPSA) is 363 Å². The number of hydrogen-bond acceptors (Lipinski definition) is 15. The highest BCUT2D eigenvalue weighted by Crippen LogP contribution is 2.42. The Bertz CT molecular complexity index is 2850. The van der Waals surface area contributed by atoms with Crippen molar-refractivity contribution in [3.8, 4) is 0 Å². The molecule has 1 aliphatic rings. The van der Waals surface area contributed by atoms with E-state index in [0.717, 1.165) is 0 Å². The second-order valence-corrected chi connectivity index (χ2v) is 25.0. The third-order valence-corrected chi connectivity index (χ3v) is 20.0. The summed E-state index contributed by atoms with van der Waals surface area (Å²) in [7, 11) is 4.49. The molecule has 24 nitrogen and oxygen atoms in total. The van der Waals surface area contributed by atoms with Crippen molar-refractivity contribution in [3.05, 3.63) is 59.9 Å². The van der Waals surface area contributed by atoms with E-state index in [9.17, 15) is 68.7 Å². The number of carbonyl (C=O) groups is 9. The third-order valence-electron chi connectivity index (χ3n) is 10.4. The van der Waals surface area contributed by atoms with Crippen LogP contribution in [-0.2, 0) is 23.9 Å². The first-order valence-electron chi connectivity index (χ1n) is 20.8. The first-order valence-corrected chi connectivity index (χ1v) is 30.5. The molecule has 410 valence electrons. The standard InChI is InChI=1S/C24H21I6N5O8.C18H22I3N3O8/c1-7(37)35(3)20-17(29)10(21(39)31-2)13(25)11(18(20)30)23(41)33-6-8(38)34-19-15(27)9(22(40)32-4-5-36)14(26)12(16(19)28)24(42)43;1-5(26)22-12-9(19)8(10(20)14(11(12)21)24(3)6(2)27)17(30)23-13-16(29)15(28)7(4-25)32-18(13)31/h36H,4-6H2,1-3H3,(H,31,39)(H,32,40)(H,33,41)(H,34,38)(H,42,43);7,13,15-16,18,25,28-29,31H,4H2,1-3H3,(H,22,26)(H,23,30)/t;7-,13-,15-,16-,18?/m.1/s1. The van der Waals surface area contributed by atoms with Crippen molar-refractivity contribution in [3.63, 3.8) is 0 Å². The summed E-state index contributed by atoms with van der Waals surface area (Å²) in [6.45, 7) is 2.44. The quantitative estimate of drug-likeness (QED) is 0.0970. The molecule has 0 radical (unpaired) electrons. The van der Waals surface area contributed by atoms with E-state index in [4.69, 9.17) is 9.84 Å². The smallest absolute Gasteiger partial charge is 0.337 e. The van der Waals surface area contributed by atoms with Crippen LogP contribution in [0.2, 0.25) is 0 Å². The maximum Gasteiger partial charge on any atom is 0.337 e. The zero-order chi connectivity index (χ0) is 57.4. The molecular formula is C42H43I9N8O16. The van der Waals surface area contributed by atoms with Gasteiger partial charge in [-0.3, -0.25) is 38.4 Å². The van der Waals surface area contributed by atoms with Crippen LogP contribution in [0.15, 0.2) is 0 Å². The van der Waals surface area contributed by atoms with E-state index >= 15 is 0 Å². The van der Waals surface area contributed by atoms with E-state index in [0.29, 0.717) is 38.5 Å². The number of carbonyl (C=O) groups excluding carboxylic acids is 8. The Morgan fingerprint density at radius 1 is 0.560 bits per heavy atom. The summed E-state index contributed by atoms with van der Waals surface area (Å²) in [6.07, 6.45) is -6.07. The molecule has 12 N–H and O–H groups in total. The van der Waals surface area contributed by atoms with Gasteiger partial charge < -0.3 is 77.1 Å². The maximum atomic E-state index is 13.4. The van der Waals surface area contributed by atoms with Gasteiger partial charge >= 0.3 is 5.97 Å². The number of anilines is 4. The van der Waals surface area contributed by atoms with E-state index < -0.39 is 79.3 Å². The van der Waals surface area contributed by atoms with E-state index in [2.05, 4.69) is 31.9 Å². The lowest BCUT2D eigenvalue weighted by atomic mass is 9.96. The van der Waals surface area contributed by atoms with E-state index in [1.54, 1.807) is 45.2 Å². The number of nitrogens with one attached hydrogen (secondary N) is 6. The minimum absolute atomic E-state index is 0.0126. The number of halogens is 9. The molecule has 0 aliphatic carbocycles. The Kier molecular flexibility index (Phi) is 27.7. The number of aliphatic hydroxyl groups is 5. The molecule has 3 aromatic carbocycles. The number of ether oxygens (including phenoxy) is 1. The van der Waals surface area contributed by atoms with Crippen molar-refractivity contribution in [2.24, 2.45) is 0 Å². The van der Waals surface area contributed by atoms with Crippen LogP contribution in [0, 0.1) is 32.1 Å². The molecular weight excluding hydrogens is 2010 g/mol. The van der Waals surface area contributed by atoms with Gasteiger partial charge in [-0.15, -0.1) is 0 Å². The maximum absolute atomic E-state index is 13.4. The lowest BCUT2D eigenvalue weighted by molar-refractivity contribution is -0.252. The van der Waals surface area contributed by atoms with Gasteiger partial charge in [-0.25, -0.2) is 4.79 Å². The molecule has 1 saturated heterocycles. The normalized spacial score (nSPS) is 16.8. The fraction of sp³-hybridized carbons (Fsp3) is 0.357. The van der Waals surface area contributed by atoms with Gasteiger partial charge in [0.15, 0.2) is 6.29 Å². The van der Waals surface area contributed by atoms with Crippen molar-refractivity contribution >= 4 is 279 Å². The molecule has 1 unspecified atom stereocenters. The largest absolute Gasteiger partial charge is 0.478 e. The number of carboxylic acid groups (broad SMARTS) is 1. The number of aliphatic hydroxyl groups excluding tert-OH is 5. The van der Waals surface area contributed by atoms with Gasteiger partial charge in [0.25, 0.3) is 23.6 Å². The molecule has 3 aromatic rings. The van der Waals surface area contributed by atoms with Gasteiger partial charge in [0.1, 0.15) is 24.4 Å². The molecule has 33 heteroatoms. The fourth-order valence-electron chi connectivity index (χ4n) is 6.54. The van der Waals surface area contributed by atoms with Crippen molar-refractivity contribution in [2.45, 2.75) is 51.4 Å². The summed E-state index contributed by atoms with van der Waals surface area (Å²) in [5.74, 6) is -5.55. The number of amides is 8. The summed E-state index contributed by atoms with van der Waals surface area (Å²) < 4.78 is 8.16. The highest BCUT2D eigenvalue weighted by atomic mass is 127. The number of nitrogens with zero attached hydrogens (tertiary/aromatic N) is 2. The van der Waals surface area contributed by atoms with Crippen molar-refractivity contribution in [1.82, 2.24) is 21.3 Å². The molecule has 0 spiro atoms. The Labute approximate surface area is 550 Å². The summed E-state index contributed by atoms with van der Waals surface area (Å²) in [5.41, 5.74) is 1.35. The Balaban J connectivity index is 0.000000412. The fourth-order valence-corrected chi connectivity index (χ4v) is 20.4. The van der Waals surface area contributed by atoms with Gasteiger partial charge in [0.05, 0.1) is 95.3 Å². The Morgan fingerprint density at radius 3 is 1.44 bits per heavy atom. The van der Waals surface area contributed by atoms with Crippen LogP contribution in [-0.4, -0.2) is 162 Å². The van der Waals surface area contributed by atoms with Crippen molar-refractivity contribution in [2.75, 3.05) is 67.9 Å². The molecule has 75 heavy (non-hydrogen) atoms. The predicted octanol–water partition coefficient (Wildman–Crippen LogP) is 3.42. The van der Waals surface area contributed by atoms with Crippen LogP contribution in [0.1, 0.15) is 72.6 Å². The van der Waals surface area contributed by atoms with Crippen molar-refractivity contribution in [1.29, 1.82) is 0 Å². The van der Waals surface area contributed by atoms with Crippen LogP contribution in [0.5, 0.6) is 0 Å². The molecule has 0 aromatic heterocycles. The number of aromatic carboxylic acids is 1. The van der Waals surface area contributed by atoms with Gasteiger partial charge in [0.2, 0.25) is 23.6 Å². The monoisotopic (exact) mass is 2060 g/mol. The van der Waals surface area contributed by atoms with Crippen molar-refractivity contribution < 1.29 is 78.5 Å². The number of benzene rings is 3. The van der Waals surface area contributed by atoms with Gasteiger partial charge in [-0.2, -0.15) is 0 Å². The van der Waals surface area contributed by atoms with Crippen LogP contribution in [0.3, 0.4) is 0 Å². The summed E-state index contributed by atoms with van der Waals surface area (Å²) in [5, 5.41) is 74.0. The SMILES string of the molecule is CC(=O)Nc1c(I)c(C(=O)N[C@H]2C(O)O[C@H](CO)[C@@H](O)[C@@H]2O)c(I)c(N(C)C(C)=O)c1I.CNC(=O)c1c(I)c(C(=O)NCC(=O)Nc2c(I)c(C(=O)O)c(I)c(C(=O)NCCO)c2I)c(I)c(N(C)C(C)=O)c1I. The lowest BCUT2D eigenvalue weighted by Gasteiger charge is -2.40. The third kappa shape index (κ3) is 16.0. The molecule has 0 saturated carbocycles. The van der Waals surface area contributed by atoms with E-state index in [1.807, 2.05) is 158 Å². The number of hydrogen-bond donors (Lipinski definition) is 12. The average molecular weight is 2060 g/mol. The summed E-state index contributed by atoms with van der Waals surface area (Å²) in [4.78, 5) is 116. The van der Waals surface area contributed by atoms with Gasteiger partial charge in [0, 0.05) is 55.6 Å². The minimum atomic E-state index is -1.69. The molecule has 1 fully saturated rings. The van der Waals surface area contributed by atoms with E-state index in [-0.39, 0.29) is 75.1 Å². The van der Waals surface area contributed by atoms with Gasteiger partial charge in [-0.05, 0) is 203 Å². The highest BCUT2D eigenvalue weighted by molar-refractivity contribution is 14.1. The van der Waals surface area contributed by atoms with Gasteiger partial charge in [-0.1, -0.05) is 0 Å². The Hall–Kier alpha value is -0.780. The zero-order valence-corrected chi connectivity index (χ0v) is 58.7. The second kappa shape index (κ2) is 30.3. The van der Waals surface area contributed by atoms with Crippen LogP contribution in [0.4, 0.5) is 22.7 Å². The molecule has 1 aliphatic heterocycles. The first kappa shape index (κ1) is 68.5. The molecule has 0 bridgehead atoms. The first-order chi connectivity index (χ1) is 34.9.